The molecule has 1 atom stereocenters. The first-order chi connectivity index (χ1) is 9.66. The van der Waals surface area contributed by atoms with Gasteiger partial charge in [0.1, 0.15) is 17.0 Å². The standard InChI is InChI=1S/C14H11F2NO2S/c15-9-3-4-10(11(16)8-9)14-17(5-7-20-14)13(18)12-2-1-6-19-12/h1-4,6,8,14H,5,7H2. The number of rotatable bonds is 2. The molecule has 1 aromatic heterocycles. The van der Waals surface area contributed by atoms with Crippen molar-refractivity contribution < 1.29 is 18.0 Å². The maximum atomic E-state index is 13.9. The summed E-state index contributed by atoms with van der Waals surface area (Å²) in [7, 11) is 0. The molecule has 0 N–H and O–H groups in total. The molecule has 0 radical (unpaired) electrons. The third-order valence-electron chi connectivity index (χ3n) is 3.11. The minimum Gasteiger partial charge on any atom is -0.459 e. The number of thioether (sulfide) groups is 1. The Balaban J connectivity index is 1.91. The van der Waals surface area contributed by atoms with Gasteiger partial charge in [0.15, 0.2) is 5.76 Å². The van der Waals surface area contributed by atoms with Crippen LogP contribution in [0, 0.1) is 11.6 Å². The molecule has 1 aliphatic rings. The molecule has 1 amide bonds. The first kappa shape index (κ1) is 13.2. The summed E-state index contributed by atoms with van der Waals surface area (Å²) in [5.74, 6) is -0.623. The zero-order valence-electron chi connectivity index (χ0n) is 10.4. The van der Waals surface area contributed by atoms with Crippen LogP contribution in [0.4, 0.5) is 8.78 Å². The molecule has 1 saturated heterocycles. The second kappa shape index (κ2) is 5.28. The summed E-state index contributed by atoms with van der Waals surface area (Å²) in [6, 6.07) is 6.63. The highest BCUT2D eigenvalue weighted by Crippen LogP contribution is 2.39. The highest BCUT2D eigenvalue weighted by atomic mass is 32.2. The van der Waals surface area contributed by atoms with Crippen molar-refractivity contribution >= 4 is 17.7 Å². The van der Waals surface area contributed by atoms with Crippen LogP contribution in [0.5, 0.6) is 0 Å². The lowest BCUT2D eigenvalue weighted by Crippen LogP contribution is -2.30. The molecule has 1 unspecified atom stereocenters. The summed E-state index contributed by atoms with van der Waals surface area (Å²) >= 11 is 1.45. The molecule has 0 saturated carbocycles. The van der Waals surface area contributed by atoms with E-state index < -0.39 is 17.0 Å². The molecule has 2 heterocycles. The summed E-state index contributed by atoms with van der Waals surface area (Å²) in [6.07, 6.45) is 1.42. The maximum Gasteiger partial charge on any atom is 0.290 e. The van der Waals surface area contributed by atoms with Crippen molar-refractivity contribution in [2.75, 3.05) is 12.3 Å². The van der Waals surface area contributed by atoms with Crippen LogP contribution in [-0.4, -0.2) is 23.1 Å². The van der Waals surface area contributed by atoms with E-state index in [-0.39, 0.29) is 11.7 Å². The highest BCUT2D eigenvalue weighted by molar-refractivity contribution is 7.99. The third kappa shape index (κ3) is 2.31. The summed E-state index contributed by atoms with van der Waals surface area (Å²) in [5, 5.41) is -0.451. The molecular weight excluding hydrogens is 284 g/mol. The van der Waals surface area contributed by atoms with E-state index in [0.29, 0.717) is 17.9 Å². The average molecular weight is 295 g/mol. The fourth-order valence-electron chi connectivity index (χ4n) is 2.18. The molecule has 3 nitrogen and oxygen atoms in total. The lowest BCUT2D eigenvalue weighted by molar-refractivity contribution is 0.0727. The van der Waals surface area contributed by atoms with Gasteiger partial charge in [-0.05, 0) is 18.2 Å². The lowest BCUT2D eigenvalue weighted by atomic mass is 10.2. The van der Waals surface area contributed by atoms with Gasteiger partial charge in [0.25, 0.3) is 5.91 Å². The highest BCUT2D eigenvalue weighted by Gasteiger charge is 2.34. The van der Waals surface area contributed by atoms with Crippen molar-refractivity contribution in [2.45, 2.75) is 5.37 Å². The Kier molecular flexibility index (Phi) is 3.48. The van der Waals surface area contributed by atoms with E-state index in [1.807, 2.05) is 0 Å². The molecule has 1 aliphatic heterocycles. The lowest BCUT2D eigenvalue weighted by Gasteiger charge is -2.23. The molecule has 1 fully saturated rings. The van der Waals surface area contributed by atoms with E-state index in [9.17, 15) is 13.6 Å². The Morgan fingerprint density at radius 1 is 1.35 bits per heavy atom. The Labute approximate surface area is 118 Å². The molecule has 3 rings (SSSR count). The second-order valence-corrected chi connectivity index (χ2v) is 5.55. The normalized spacial score (nSPS) is 18.5. The summed E-state index contributed by atoms with van der Waals surface area (Å²) in [6.45, 7) is 0.506. The van der Waals surface area contributed by atoms with Crippen LogP contribution in [-0.2, 0) is 0 Å². The van der Waals surface area contributed by atoms with E-state index in [1.165, 1.54) is 30.2 Å². The molecule has 0 spiro atoms. The van der Waals surface area contributed by atoms with Crippen LogP contribution >= 0.6 is 11.8 Å². The molecular formula is C14H11F2NO2S. The predicted octanol–water partition coefficient (Wildman–Crippen LogP) is 3.45. The molecule has 6 heteroatoms. The number of nitrogens with zero attached hydrogens (tertiary/aromatic N) is 1. The van der Waals surface area contributed by atoms with Crippen molar-refractivity contribution in [3.8, 4) is 0 Å². The van der Waals surface area contributed by atoms with Crippen LogP contribution in [0.3, 0.4) is 0 Å². The van der Waals surface area contributed by atoms with Gasteiger partial charge in [0.05, 0.1) is 6.26 Å². The Hall–Kier alpha value is -1.82. The fraction of sp³-hybridized carbons (Fsp3) is 0.214. The van der Waals surface area contributed by atoms with E-state index in [4.69, 9.17) is 4.42 Å². The number of benzene rings is 1. The monoisotopic (exact) mass is 295 g/mol. The topological polar surface area (TPSA) is 33.5 Å². The molecule has 104 valence electrons. The number of halogens is 2. The molecule has 1 aromatic carbocycles. The predicted molar refractivity (Wildman–Crippen MR) is 71.3 cm³/mol. The van der Waals surface area contributed by atoms with Crippen molar-refractivity contribution in [3.05, 3.63) is 59.6 Å². The van der Waals surface area contributed by atoms with E-state index >= 15 is 0 Å². The Morgan fingerprint density at radius 3 is 2.90 bits per heavy atom. The van der Waals surface area contributed by atoms with Crippen LogP contribution in [0.25, 0.3) is 0 Å². The van der Waals surface area contributed by atoms with Crippen molar-refractivity contribution in [1.82, 2.24) is 4.90 Å². The van der Waals surface area contributed by atoms with Gasteiger partial charge in [0.2, 0.25) is 0 Å². The van der Waals surface area contributed by atoms with Gasteiger partial charge in [-0.15, -0.1) is 11.8 Å². The van der Waals surface area contributed by atoms with Crippen molar-refractivity contribution in [1.29, 1.82) is 0 Å². The van der Waals surface area contributed by atoms with Crippen molar-refractivity contribution in [2.24, 2.45) is 0 Å². The van der Waals surface area contributed by atoms with E-state index in [0.717, 1.165) is 6.07 Å². The quantitative estimate of drug-likeness (QED) is 0.851. The van der Waals surface area contributed by atoms with Gasteiger partial charge in [0, 0.05) is 23.9 Å². The van der Waals surface area contributed by atoms with Crippen LogP contribution in [0.1, 0.15) is 21.5 Å². The molecule has 20 heavy (non-hydrogen) atoms. The Bertz CT molecular complexity index is 630. The number of carbonyl (C=O) groups is 1. The summed E-state index contributed by atoms with van der Waals surface area (Å²) in [4.78, 5) is 13.8. The second-order valence-electron chi connectivity index (χ2n) is 4.36. The summed E-state index contributed by atoms with van der Waals surface area (Å²) in [5.41, 5.74) is 0.314. The van der Waals surface area contributed by atoms with Crippen LogP contribution < -0.4 is 0 Å². The minimum atomic E-state index is -0.637. The first-order valence-corrected chi connectivity index (χ1v) is 7.13. The van der Waals surface area contributed by atoms with Crippen LogP contribution in [0.2, 0.25) is 0 Å². The van der Waals surface area contributed by atoms with Gasteiger partial charge < -0.3 is 9.32 Å². The van der Waals surface area contributed by atoms with Crippen molar-refractivity contribution in [3.63, 3.8) is 0 Å². The smallest absolute Gasteiger partial charge is 0.290 e. The van der Waals surface area contributed by atoms with Gasteiger partial charge in [-0.3, -0.25) is 4.79 Å². The van der Waals surface area contributed by atoms with Gasteiger partial charge in [-0.25, -0.2) is 8.78 Å². The largest absolute Gasteiger partial charge is 0.459 e. The maximum absolute atomic E-state index is 13.9. The Morgan fingerprint density at radius 2 is 2.20 bits per heavy atom. The van der Waals surface area contributed by atoms with Gasteiger partial charge >= 0.3 is 0 Å². The number of carbonyl (C=O) groups excluding carboxylic acids is 1. The number of furan rings is 1. The number of amides is 1. The molecule has 2 aromatic rings. The minimum absolute atomic E-state index is 0.222. The van der Waals surface area contributed by atoms with Gasteiger partial charge in [-0.2, -0.15) is 0 Å². The summed E-state index contributed by atoms with van der Waals surface area (Å²) < 4.78 is 31.9. The van der Waals surface area contributed by atoms with Crippen LogP contribution in [0.15, 0.2) is 41.0 Å². The first-order valence-electron chi connectivity index (χ1n) is 6.08. The SMILES string of the molecule is O=C(c1ccco1)N1CCSC1c1ccc(F)cc1F. The molecule has 0 aliphatic carbocycles. The zero-order chi connectivity index (χ0) is 14.1. The zero-order valence-corrected chi connectivity index (χ0v) is 11.2. The number of hydrogen-bond acceptors (Lipinski definition) is 3. The van der Waals surface area contributed by atoms with E-state index in [1.54, 1.807) is 17.0 Å². The number of hydrogen-bond donors (Lipinski definition) is 0. The average Bonchev–Trinajstić information content (AvgIpc) is 3.09. The third-order valence-corrected chi connectivity index (χ3v) is 4.35. The van der Waals surface area contributed by atoms with E-state index in [2.05, 4.69) is 0 Å². The van der Waals surface area contributed by atoms with Gasteiger partial charge in [-0.1, -0.05) is 6.07 Å². The molecule has 0 bridgehead atoms. The fourth-order valence-corrected chi connectivity index (χ4v) is 3.46.